The van der Waals surface area contributed by atoms with Gasteiger partial charge in [-0.1, -0.05) is 0 Å². The number of hydrogen-bond donors (Lipinski definition) is 0. The number of alkyl halides is 1. The Kier molecular flexibility index (Phi) is 5.82. The number of hydrogen-bond acceptors (Lipinski definition) is 3. The van der Waals surface area contributed by atoms with E-state index in [4.69, 9.17) is 16.3 Å². The first-order chi connectivity index (χ1) is 5.52. The largest absolute Gasteiger partial charge is 0.383 e. The zero-order valence-corrected chi connectivity index (χ0v) is 8.86. The molecular weight excluding hydrogens is 202 g/mol. The van der Waals surface area contributed by atoms with E-state index >= 15 is 0 Å². The predicted molar refractivity (Wildman–Crippen MR) is 49.0 cm³/mol. The highest BCUT2D eigenvalue weighted by Crippen LogP contribution is 1.97. The number of methoxy groups -OCH3 is 1. The van der Waals surface area contributed by atoms with E-state index in [0.29, 0.717) is 25.6 Å². The van der Waals surface area contributed by atoms with Gasteiger partial charge in [-0.15, -0.1) is 11.6 Å². The van der Waals surface area contributed by atoms with Crippen molar-refractivity contribution in [2.24, 2.45) is 0 Å². The molecule has 0 radical (unpaired) electrons. The van der Waals surface area contributed by atoms with E-state index in [-0.39, 0.29) is 0 Å². The molecule has 0 saturated carbocycles. The molecule has 0 heterocycles. The average molecular weight is 216 g/mol. The van der Waals surface area contributed by atoms with Gasteiger partial charge in [0.25, 0.3) is 0 Å². The van der Waals surface area contributed by atoms with Crippen molar-refractivity contribution in [3.63, 3.8) is 0 Å². The summed E-state index contributed by atoms with van der Waals surface area (Å²) in [7, 11) is -1.60. The van der Waals surface area contributed by atoms with Gasteiger partial charge in [0.05, 0.1) is 12.9 Å². The standard InChI is InChI=1S/C6H14ClNO3S/c1-11-6-5-8(4-3-7)12(2,9)10/h3-6H2,1-2H3. The zero-order chi connectivity index (χ0) is 9.61. The molecule has 0 aromatic rings. The Bertz CT molecular complexity index is 205. The maximum atomic E-state index is 11.0. The van der Waals surface area contributed by atoms with Crippen molar-refractivity contribution in [1.82, 2.24) is 4.31 Å². The van der Waals surface area contributed by atoms with E-state index in [1.165, 1.54) is 11.4 Å². The Hall–Kier alpha value is 0.160. The second-order valence-corrected chi connectivity index (χ2v) is 4.70. The summed E-state index contributed by atoms with van der Waals surface area (Å²) in [6, 6.07) is 0. The summed E-state index contributed by atoms with van der Waals surface area (Å²) in [6.07, 6.45) is 1.16. The van der Waals surface area contributed by atoms with Crippen LogP contribution in [0.3, 0.4) is 0 Å². The van der Waals surface area contributed by atoms with Crippen LogP contribution in [0.15, 0.2) is 0 Å². The molecule has 0 aliphatic carbocycles. The van der Waals surface area contributed by atoms with Gasteiger partial charge in [-0.25, -0.2) is 8.42 Å². The van der Waals surface area contributed by atoms with E-state index in [1.807, 2.05) is 0 Å². The van der Waals surface area contributed by atoms with Gasteiger partial charge in [-0.05, 0) is 0 Å². The second-order valence-electron chi connectivity index (χ2n) is 2.34. The van der Waals surface area contributed by atoms with Crippen LogP contribution in [0.4, 0.5) is 0 Å². The number of nitrogens with zero attached hydrogens (tertiary/aromatic N) is 1. The first-order valence-corrected chi connectivity index (χ1v) is 5.90. The first kappa shape index (κ1) is 12.2. The SMILES string of the molecule is COCCN(CCCl)S(C)(=O)=O. The van der Waals surface area contributed by atoms with E-state index in [0.717, 1.165) is 6.26 Å². The lowest BCUT2D eigenvalue weighted by Gasteiger charge is -2.17. The molecule has 0 rings (SSSR count). The van der Waals surface area contributed by atoms with Crippen LogP contribution in [0, 0.1) is 0 Å². The van der Waals surface area contributed by atoms with Gasteiger partial charge in [0.15, 0.2) is 0 Å². The fraction of sp³-hybridized carbons (Fsp3) is 1.00. The minimum Gasteiger partial charge on any atom is -0.383 e. The minimum absolute atomic E-state index is 0.302. The monoisotopic (exact) mass is 215 g/mol. The highest BCUT2D eigenvalue weighted by atomic mass is 35.5. The van der Waals surface area contributed by atoms with Crippen molar-refractivity contribution < 1.29 is 13.2 Å². The van der Waals surface area contributed by atoms with Crippen molar-refractivity contribution >= 4 is 21.6 Å². The molecule has 0 N–H and O–H groups in total. The van der Waals surface area contributed by atoms with Crippen molar-refractivity contribution in [1.29, 1.82) is 0 Å². The van der Waals surface area contributed by atoms with E-state index < -0.39 is 10.0 Å². The summed E-state index contributed by atoms with van der Waals surface area (Å²) >= 11 is 5.43. The molecular formula is C6H14ClNO3S. The van der Waals surface area contributed by atoms with Gasteiger partial charge in [0.2, 0.25) is 10.0 Å². The molecule has 4 nitrogen and oxygen atoms in total. The maximum absolute atomic E-state index is 11.0. The molecule has 0 aliphatic heterocycles. The molecule has 0 aromatic carbocycles. The van der Waals surface area contributed by atoms with Crippen molar-refractivity contribution in [3.05, 3.63) is 0 Å². The fourth-order valence-electron chi connectivity index (χ4n) is 0.731. The highest BCUT2D eigenvalue weighted by molar-refractivity contribution is 7.88. The Morgan fingerprint density at radius 3 is 2.33 bits per heavy atom. The summed E-state index contributed by atoms with van der Waals surface area (Å²) in [5, 5.41) is 0. The predicted octanol–water partition coefficient (Wildman–Crippen LogP) is 0.133. The third kappa shape index (κ3) is 4.92. The molecule has 12 heavy (non-hydrogen) atoms. The molecule has 0 saturated heterocycles. The van der Waals surface area contributed by atoms with Crippen molar-refractivity contribution in [2.45, 2.75) is 0 Å². The molecule has 6 heteroatoms. The third-order valence-electron chi connectivity index (χ3n) is 1.35. The molecule has 0 aliphatic rings. The molecule has 74 valence electrons. The number of ether oxygens (including phenoxy) is 1. The van der Waals surface area contributed by atoms with Crippen LogP contribution in [-0.4, -0.2) is 51.7 Å². The van der Waals surface area contributed by atoms with Gasteiger partial charge in [-0.2, -0.15) is 4.31 Å². The Balaban J connectivity index is 4.05. The fourth-order valence-corrected chi connectivity index (χ4v) is 1.86. The topological polar surface area (TPSA) is 46.6 Å². The minimum atomic E-state index is -3.13. The smallest absolute Gasteiger partial charge is 0.211 e. The molecule has 0 fully saturated rings. The summed E-state index contributed by atoms with van der Waals surface area (Å²) in [6.45, 7) is 1.09. The Morgan fingerprint density at radius 1 is 1.42 bits per heavy atom. The van der Waals surface area contributed by atoms with Gasteiger partial charge < -0.3 is 4.74 Å². The van der Waals surface area contributed by atoms with Crippen molar-refractivity contribution in [2.75, 3.05) is 38.9 Å². The van der Waals surface area contributed by atoms with Gasteiger partial charge in [0.1, 0.15) is 0 Å². The van der Waals surface area contributed by atoms with E-state index in [9.17, 15) is 8.42 Å². The first-order valence-electron chi connectivity index (χ1n) is 3.52. The summed E-state index contributed by atoms with van der Waals surface area (Å²) in [4.78, 5) is 0. The summed E-state index contributed by atoms with van der Waals surface area (Å²) in [5.41, 5.74) is 0. The van der Waals surface area contributed by atoms with Crippen LogP contribution in [0.25, 0.3) is 0 Å². The molecule has 0 spiro atoms. The van der Waals surface area contributed by atoms with Gasteiger partial charge >= 0.3 is 0 Å². The van der Waals surface area contributed by atoms with Gasteiger partial charge in [0, 0.05) is 26.1 Å². The Morgan fingerprint density at radius 2 is 2.00 bits per heavy atom. The molecule has 0 amide bonds. The lowest BCUT2D eigenvalue weighted by Crippen LogP contribution is -2.34. The molecule has 0 bridgehead atoms. The van der Waals surface area contributed by atoms with Crippen LogP contribution in [0.2, 0.25) is 0 Å². The van der Waals surface area contributed by atoms with E-state index in [1.54, 1.807) is 0 Å². The number of sulfonamides is 1. The van der Waals surface area contributed by atoms with Crippen molar-refractivity contribution in [3.8, 4) is 0 Å². The quantitative estimate of drug-likeness (QED) is 0.592. The number of halogens is 1. The average Bonchev–Trinajstić information content (AvgIpc) is 1.95. The van der Waals surface area contributed by atoms with Gasteiger partial charge in [-0.3, -0.25) is 0 Å². The van der Waals surface area contributed by atoms with E-state index in [2.05, 4.69) is 0 Å². The van der Waals surface area contributed by atoms with Crippen LogP contribution in [0.1, 0.15) is 0 Å². The lowest BCUT2D eigenvalue weighted by atomic mass is 10.6. The van der Waals surface area contributed by atoms with Crippen LogP contribution < -0.4 is 0 Å². The number of rotatable bonds is 6. The normalized spacial score (nSPS) is 12.3. The highest BCUT2D eigenvalue weighted by Gasteiger charge is 2.14. The summed E-state index contributed by atoms with van der Waals surface area (Å²) in [5.74, 6) is 0.302. The second kappa shape index (κ2) is 5.75. The maximum Gasteiger partial charge on any atom is 0.211 e. The summed E-state index contributed by atoms with van der Waals surface area (Å²) < 4.78 is 28.1. The molecule has 0 atom stereocenters. The van der Waals surface area contributed by atoms with Crippen LogP contribution >= 0.6 is 11.6 Å². The lowest BCUT2D eigenvalue weighted by molar-refractivity contribution is 0.181. The van der Waals surface area contributed by atoms with Crippen LogP contribution in [0.5, 0.6) is 0 Å². The third-order valence-corrected chi connectivity index (χ3v) is 2.82. The van der Waals surface area contributed by atoms with Crippen LogP contribution in [-0.2, 0) is 14.8 Å². The zero-order valence-electron chi connectivity index (χ0n) is 7.29. The molecule has 0 aromatic heterocycles. The Labute approximate surface area is 78.5 Å². The molecule has 0 unspecified atom stereocenters.